The molecule has 0 radical (unpaired) electrons. The number of aliphatic hydroxyl groups excluding tert-OH is 12. The lowest BCUT2D eigenvalue weighted by Crippen LogP contribution is -2.62. The molecular weight excluding hydrogens is 1020 g/mol. The molecule has 2 saturated heterocycles. The van der Waals surface area contributed by atoms with Gasteiger partial charge in [0.2, 0.25) is 13.1 Å². The van der Waals surface area contributed by atoms with Gasteiger partial charge < -0.3 is 80.2 Å². The van der Waals surface area contributed by atoms with E-state index >= 15 is 0 Å². The molecule has 6 rings (SSSR count). The Balaban J connectivity index is 0.000000535. The molecule has 2 heterocycles. The third-order valence-corrected chi connectivity index (χ3v) is 11.1. The quantitative estimate of drug-likeness (QED) is 0.0372. The maximum Gasteiger partial charge on any atom is 0.271 e. The summed E-state index contributed by atoms with van der Waals surface area (Å²) in [5, 5.41) is 152. The highest BCUT2D eigenvalue weighted by molar-refractivity contribution is 5.31. The van der Waals surface area contributed by atoms with Crippen molar-refractivity contribution in [2.45, 2.75) is 113 Å². The van der Waals surface area contributed by atoms with Crippen LogP contribution in [0.2, 0.25) is 0 Å². The molecule has 14 atom stereocenters. The number of nitrogens with zero attached hydrogens (tertiary/aromatic N) is 4. The monoisotopic (exact) mass is 1080 g/mol. The normalized spacial score (nSPS) is 24.3. The van der Waals surface area contributed by atoms with E-state index < -0.39 is 157 Å². The van der Waals surface area contributed by atoms with E-state index in [4.69, 9.17) is 50.0 Å². The average molecular weight is 1090 g/mol. The summed E-state index contributed by atoms with van der Waals surface area (Å²) in [5.41, 5.74) is 3.14. The van der Waals surface area contributed by atoms with Gasteiger partial charge in [-0.3, -0.25) is 40.5 Å². The van der Waals surface area contributed by atoms with Crippen molar-refractivity contribution in [2.75, 3.05) is 39.5 Å². The molecule has 76 heavy (non-hydrogen) atoms. The molecule has 0 spiro atoms. The fourth-order valence-corrected chi connectivity index (χ4v) is 7.27. The summed E-state index contributed by atoms with van der Waals surface area (Å²) in [7, 11) is 0. The second kappa shape index (κ2) is 34.5. The summed E-state index contributed by atoms with van der Waals surface area (Å²) >= 11 is 0. The molecule has 2 fully saturated rings. The molecule has 0 aromatic heterocycles. The fourth-order valence-electron chi connectivity index (χ4n) is 7.27. The summed E-state index contributed by atoms with van der Waals surface area (Å²) < 4.78 is 21.6. The SMILES string of the molecule is C.C.O=[N+]([O-])C1C(O)[C@@H](O)OC(CO)[C@@H]1O.O=[N+]([O-])C1C(O)[C@@H](O)OC(CO)[C@@H]1OC(c1ccccc1)c1ccccc1.O=[N+]([O-])C[C@@H](O)[C@H](O)CO.O=[N+]([O-])C[C@@H](OC(c1ccccc1)c1ccccc1)[C@H](O)CO. The first kappa shape index (κ1) is 67.9. The zero-order valence-corrected chi connectivity index (χ0v) is 39.1. The van der Waals surface area contributed by atoms with E-state index in [2.05, 4.69) is 4.74 Å². The minimum Gasteiger partial charge on any atom is -0.394 e. The Labute approximate surface area is 435 Å². The van der Waals surface area contributed by atoms with E-state index in [0.29, 0.717) is 0 Å². The van der Waals surface area contributed by atoms with E-state index in [1.807, 2.05) is 121 Å². The first-order valence-corrected chi connectivity index (χ1v) is 22.4. The molecule has 0 amide bonds. The molecule has 4 aromatic carbocycles. The number of nitro groups is 4. The predicted molar refractivity (Wildman–Crippen MR) is 264 cm³/mol. The topological polar surface area (TPSA) is 452 Å². The standard InChI is InChI=1S/C19H21NO7.C17H19NO5.C6H11NO7.C4H9NO5.2CH4/c21-11-14-18(15(20(24)25)16(22)19(23)26-14)27-17(12-7-3-1-4-8-12)13-9-5-2-6-10-13;19-12-15(20)16(11-18(21)22)23-17(13-7-3-1-4-8-13)14-9-5-2-6-10-14;8-1-2-4(9)3(7(12)13)5(10)6(11)14-2;6-2-4(8)3(7)1-5(9)10;;/h1-10,14-19,21-23H,11H2;1-10,15-17,19-20H,11-12H2;2-6,8-11H,1H2;3-4,6-8H,1-2H2;2*1H4/t14?,15?,16?,18-,19-;15-,16-;2?,3?,4-,5?,6-;3-,4-;;/m0101../s1. The van der Waals surface area contributed by atoms with Crippen LogP contribution in [0.15, 0.2) is 121 Å². The van der Waals surface area contributed by atoms with Crippen LogP contribution in [0.4, 0.5) is 0 Å². The third kappa shape index (κ3) is 20.4. The van der Waals surface area contributed by atoms with Crippen molar-refractivity contribution < 1.29 is 99.9 Å². The molecule has 28 heteroatoms. The molecule has 0 bridgehead atoms. The van der Waals surface area contributed by atoms with Gasteiger partial charge in [-0.15, -0.1) is 0 Å². The van der Waals surface area contributed by atoms with Crippen molar-refractivity contribution in [3.05, 3.63) is 184 Å². The van der Waals surface area contributed by atoms with E-state index in [-0.39, 0.29) is 14.9 Å². The number of hydrogen-bond acceptors (Lipinski definition) is 24. The Kier molecular flexibility index (Phi) is 30.8. The van der Waals surface area contributed by atoms with Gasteiger partial charge in [0.15, 0.2) is 43.1 Å². The van der Waals surface area contributed by atoms with Crippen molar-refractivity contribution in [3.63, 3.8) is 0 Å². The van der Waals surface area contributed by atoms with E-state index in [9.17, 15) is 66.0 Å². The predicted octanol–water partition coefficient (Wildman–Crippen LogP) is -1.02. The van der Waals surface area contributed by atoms with E-state index in [1.54, 1.807) is 0 Å². The maximum absolute atomic E-state index is 11.6. The van der Waals surface area contributed by atoms with Gasteiger partial charge in [0.1, 0.15) is 42.7 Å². The lowest BCUT2D eigenvalue weighted by atomic mass is 9.95. The molecule has 0 saturated carbocycles. The van der Waals surface area contributed by atoms with Gasteiger partial charge in [0, 0.05) is 19.7 Å². The minimum absolute atomic E-state index is 0. The van der Waals surface area contributed by atoms with Crippen molar-refractivity contribution in [1.82, 2.24) is 0 Å². The Morgan fingerprint density at radius 1 is 0.474 bits per heavy atom. The van der Waals surface area contributed by atoms with E-state index in [1.165, 1.54) is 0 Å². The van der Waals surface area contributed by atoms with Crippen LogP contribution in [-0.4, -0.2) is 206 Å². The number of aliphatic hydroxyl groups is 12. The number of rotatable bonds is 20. The number of ether oxygens (including phenoxy) is 4. The molecular formula is C48H68N4O24. The van der Waals surface area contributed by atoms with Crippen LogP contribution in [0.1, 0.15) is 49.3 Å². The summed E-state index contributed by atoms with van der Waals surface area (Å²) in [5.74, 6) is 0. The molecule has 424 valence electrons. The molecule has 12 N–H and O–H groups in total. The molecule has 2 aliphatic rings. The first-order valence-electron chi connectivity index (χ1n) is 22.4. The lowest BCUT2D eigenvalue weighted by Gasteiger charge is -2.39. The molecule has 4 aromatic rings. The van der Waals surface area contributed by atoms with Crippen molar-refractivity contribution in [2.24, 2.45) is 0 Å². The van der Waals surface area contributed by atoms with Gasteiger partial charge >= 0.3 is 0 Å². The van der Waals surface area contributed by atoms with Gasteiger partial charge in [-0.1, -0.05) is 136 Å². The summed E-state index contributed by atoms with van der Waals surface area (Å²) in [4.78, 5) is 39.5. The largest absolute Gasteiger partial charge is 0.394 e. The van der Waals surface area contributed by atoms with Crippen LogP contribution >= 0.6 is 0 Å². The third-order valence-electron chi connectivity index (χ3n) is 11.1. The van der Waals surface area contributed by atoms with Crippen molar-refractivity contribution in [3.8, 4) is 0 Å². The second-order valence-electron chi connectivity index (χ2n) is 16.3. The minimum atomic E-state index is -1.80. The Bertz CT molecular complexity index is 2170. The smallest absolute Gasteiger partial charge is 0.271 e. The zero-order valence-electron chi connectivity index (χ0n) is 39.1. The van der Waals surface area contributed by atoms with Crippen LogP contribution in [0.3, 0.4) is 0 Å². The zero-order chi connectivity index (χ0) is 55.1. The van der Waals surface area contributed by atoms with Gasteiger partial charge in [-0.2, -0.15) is 0 Å². The van der Waals surface area contributed by atoms with Gasteiger partial charge in [0.25, 0.3) is 12.1 Å². The highest BCUT2D eigenvalue weighted by atomic mass is 16.7. The van der Waals surface area contributed by atoms with Gasteiger partial charge in [-0.25, -0.2) is 0 Å². The van der Waals surface area contributed by atoms with Crippen LogP contribution < -0.4 is 0 Å². The fraction of sp³-hybridized carbons (Fsp3) is 0.500. The maximum atomic E-state index is 11.6. The molecule has 2 aliphatic heterocycles. The van der Waals surface area contributed by atoms with Crippen LogP contribution in [-0.2, 0) is 18.9 Å². The number of benzene rings is 4. The van der Waals surface area contributed by atoms with Crippen molar-refractivity contribution in [1.29, 1.82) is 0 Å². The Morgan fingerprint density at radius 3 is 1.17 bits per heavy atom. The van der Waals surface area contributed by atoms with Crippen LogP contribution in [0, 0.1) is 40.5 Å². The number of hydrogen-bond donors (Lipinski definition) is 12. The summed E-state index contributed by atoms with van der Waals surface area (Å²) in [6.07, 6.45) is -19.1. The van der Waals surface area contributed by atoms with Crippen LogP contribution in [0.5, 0.6) is 0 Å². The summed E-state index contributed by atoms with van der Waals surface area (Å²) in [6.45, 7) is -3.88. The first-order chi connectivity index (χ1) is 35.2. The Morgan fingerprint density at radius 2 is 0.829 bits per heavy atom. The molecule has 0 aliphatic carbocycles. The van der Waals surface area contributed by atoms with Crippen molar-refractivity contribution >= 4 is 0 Å². The van der Waals surface area contributed by atoms with E-state index in [0.717, 1.165) is 22.3 Å². The highest BCUT2D eigenvalue weighted by Gasteiger charge is 2.54. The molecule has 28 nitrogen and oxygen atoms in total. The second-order valence-corrected chi connectivity index (χ2v) is 16.3. The average Bonchev–Trinajstić information content (AvgIpc) is 3.39. The lowest BCUT2D eigenvalue weighted by molar-refractivity contribution is -0.567. The van der Waals surface area contributed by atoms with Gasteiger partial charge in [-0.05, 0) is 22.3 Å². The van der Waals surface area contributed by atoms with Crippen LogP contribution in [0.25, 0.3) is 0 Å². The molecule has 6 unspecified atom stereocenters. The highest BCUT2D eigenvalue weighted by Crippen LogP contribution is 2.34. The summed E-state index contributed by atoms with van der Waals surface area (Å²) in [6, 6.07) is 33.4. The Hall–Kier alpha value is -6.16. The van der Waals surface area contributed by atoms with Gasteiger partial charge in [0.05, 0.1) is 26.4 Å².